The fraction of sp³-hybridized carbons (Fsp3) is 0.348. The number of carbonyl (C=O) groups excluding carboxylic acids is 3. The molecule has 0 saturated carbocycles. The van der Waals surface area contributed by atoms with Crippen molar-refractivity contribution in [2.24, 2.45) is 0 Å². The van der Waals surface area contributed by atoms with Crippen molar-refractivity contribution in [2.75, 3.05) is 13.2 Å². The van der Waals surface area contributed by atoms with Gasteiger partial charge in [-0.3, -0.25) is 14.4 Å². The molecule has 2 aromatic carbocycles. The zero-order valence-electron chi connectivity index (χ0n) is 17.8. The number of nitrogens with zero attached hydrogens (tertiary/aromatic N) is 1. The molecule has 0 aliphatic heterocycles. The van der Waals surface area contributed by atoms with E-state index >= 15 is 0 Å². The first-order valence-corrected chi connectivity index (χ1v) is 11.7. The Balaban J connectivity index is 2.20. The average molecular weight is 573 g/mol. The lowest BCUT2D eigenvalue weighted by molar-refractivity contribution is -0.145. The number of hydrogen-bond acceptors (Lipinski definition) is 5. The Hall–Kier alpha value is -2.26. The molecule has 2 aromatic rings. The molecule has 0 heterocycles. The second-order valence-corrected chi connectivity index (χ2v) is 9.14. The van der Waals surface area contributed by atoms with E-state index in [0.717, 1.165) is 5.56 Å². The van der Waals surface area contributed by atoms with Crippen molar-refractivity contribution in [3.8, 4) is 0 Å². The standard InChI is InChI=1S/C23H24Br2FNO5/c1-3-31-22(29)14-27(13-18-8-9-19(25)12-20(18)26)23(30)17-6-4-5-16(11-17)7-10-21(28)32-15(2)24/h4-6,8-9,11-12,15H,3,7,10,13-14H2,1-2H3. The van der Waals surface area contributed by atoms with Crippen molar-refractivity contribution < 1.29 is 28.2 Å². The highest BCUT2D eigenvalue weighted by Gasteiger charge is 2.22. The molecule has 1 atom stereocenters. The van der Waals surface area contributed by atoms with Crippen LogP contribution in [0.25, 0.3) is 0 Å². The molecule has 0 bridgehead atoms. The lowest BCUT2D eigenvalue weighted by atomic mass is 10.1. The number of carbonyl (C=O) groups is 3. The van der Waals surface area contributed by atoms with E-state index in [1.54, 1.807) is 50.2 Å². The molecular formula is C23H24Br2FNO5. The van der Waals surface area contributed by atoms with Gasteiger partial charge >= 0.3 is 11.9 Å². The Morgan fingerprint density at radius 2 is 1.88 bits per heavy atom. The summed E-state index contributed by atoms with van der Waals surface area (Å²) in [6.45, 7) is 3.12. The molecule has 0 aromatic heterocycles. The fourth-order valence-corrected chi connectivity index (χ4v) is 3.49. The lowest BCUT2D eigenvalue weighted by Gasteiger charge is -2.22. The monoisotopic (exact) mass is 571 g/mol. The Labute approximate surface area is 203 Å². The molecular weight excluding hydrogens is 549 g/mol. The molecule has 0 spiro atoms. The number of amides is 1. The first-order chi connectivity index (χ1) is 15.2. The summed E-state index contributed by atoms with van der Waals surface area (Å²) in [5.74, 6) is -1.88. The first-order valence-electron chi connectivity index (χ1n) is 10.0. The maximum atomic E-state index is 14.4. The van der Waals surface area contributed by atoms with Crippen molar-refractivity contribution in [1.29, 1.82) is 0 Å². The van der Waals surface area contributed by atoms with E-state index in [1.165, 1.54) is 11.0 Å². The number of ether oxygens (including phenoxy) is 2. The fourth-order valence-electron chi connectivity index (χ4n) is 2.95. The summed E-state index contributed by atoms with van der Waals surface area (Å²) in [5, 5.41) is -0.377. The number of rotatable bonds is 10. The third-order valence-electron chi connectivity index (χ3n) is 4.37. The zero-order valence-corrected chi connectivity index (χ0v) is 20.9. The van der Waals surface area contributed by atoms with Gasteiger partial charge in [-0.25, -0.2) is 4.39 Å². The molecule has 0 radical (unpaired) electrons. The van der Waals surface area contributed by atoms with E-state index in [9.17, 15) is 18.8 Å². The third-order valence-corrected chi connectivity index (χ3v) is 5.05. The minimum Gasteiger partial charge on any atom is -0.465 e. The van der Waals surface area contributed by atoms with Crippen LogP contribution in [0.3, 0.4) is 0 Å². The largest absolute Gasteiger partial charge is 0.465 e. The van der Waals surface area contributed by atoms with Crippen LogP contribution in [-0.2, 0) is 32.0 Å². The van der Waals surface area contributed by atoms with Gasteiger partial charge < -0.3 is 14.4 Å². The van der Waals surface area contributed by atoms with Crippen LogP contribution < -0.4 is 0 Å². The van der Waals surface area contributed by atoms with Gasteiger partial charge in [-0.05, 0) is 66.0 Å². The van der Waals surface area contributed by atoms with Crippen LogP contribution in [-0.4, -0.2) is 40.9 Å². The van der Waals surface area contributed by atoms with Gasteiger partial charge in [-0.1, -0.05) is 34.1 Å². The van der Waals surface area contributed by atoms with E-state index in [4.69, 9.17) is 9.47 Å². The summed E-state index contributed by atoms with van der Waals surface area (Å²) in [6.07, 6.45) is 0.545. The quantitative estimate of drug-likeness (QED) is 0.295. The second kappa shape index (κ2) is 12.7. The van der Waals surface area contributed by atoms with Gasteiger partial charge in [0, 0.05) is 28.6 Å². The Morgan fingerprint density at radius 1 is 1.12 bits per heavy atom. The summed E-state index contributed by atoms with van der Waals surface area (Å²) in [4.78, 5) is 38.3. The Morgan fingerprint density at radius 3 is 2.53 bits per heavy atom. The maximum Gasteiger partial charge on any atom is 0.325 e. The molecule has 2 rings (SSSR count). The van der Waals surface area contributed by atoms with Gasteiger partial charge in [0.2, 0.25) is 0 Å². The number of halogens is 3. The zero-order chi connectivity index (χ0) is 23.7. The van der Waals surface area contributed by atoms with Crippen LogP contribution in [0.15, 0.2) is 46.9 Å². The van der Waals surface area contributed by atoms with Gasteiger partial charge in [-0.15, -0.1) is 0 Å². The molecule has 0 saturated heterocycles. The summed E-state index contributed by atoms with van der Waals surface area (Å²) < 4.78 is 25.0. The van der Waals surface area contributed by atoms with Crippen LogP contribution in [0.2, 0.25) is 0 Å². The topological polar surface area (TPSA) is 72.9 Å². The molecule has 0 fully saturated rings. The van der Waals surface area contributed by atoms with Gasteiger partial charge in [0.25, 0.3) is 5.91 Å². The van der Waals surface area contributed by atoms with Gasteiger partial charge in [0.15, 0.2) is 5.01 Å². The Kier molecular flexibility index (Phi) is 10.3. The summed E-state index contributed by atoms with van der Waals surface area (Å²) in [7, 11) is 0. The minimum absolute atomic E-state index is 0.101. The van der Waals surface area contributed by atoms with Crippen molar-refractivity contribution in [3.63, 3.8) is 0 Å². The van der Waals surface area contributed by atoms with Crippen molar-refractivity contribution in [2.45, 2.75) is 38.2 Å². The van der Waals surface area contributed by atoms with Crippen LogP contribution in [0.1, 0.15) is 41.8 Å². The molecule has 1 unspecified atom stereocenters. The van der Waals surface area contributed by atoms with Crippen LogP contribution in [0.4, 0.5) is 4.39 Å². The minimum atomic E-state index is -0.582. The summed E-state index contributed by atoms with van der Waals surface area (Å²) in [5.41, 5.74) is 1.36. The van der Waals surface area contributed by atoms with E-state index in [2.05, 4.69) is 31.9 Å². The van der Waals surface area contributed by atoms with Gasteiger partial charge in [-0.2, -0.15) is 0 Å². The number of benzene rings is 2. The van der Waals surface area contributed by atoms with E-state index in [0.29, 0.717) is 16.5 Å². The average Bonchev–Trinajstić information content (AvgIpc) is 2.73. The number of alkyl halides is 1. The van der Waals surface area contributed by atoms with Crippen LogP contribution in [0, 0.1) is 5.82 Å². The van der Waals surface area contributed by atoms with Gasteiger partial charge in [0.1, 0.15) is 12.4 Å². The highest BCUT2D eigenvalue weighted by molar-refractivity contribution is 9.10. The molecule has 1 amide bonds. The predicted octanol–water partition coefficient (Wildman–Crippen LogP) is 5.01. The molecule has 9 heteroatoms. The van der Waals surface area contributed by atoms with Crippen LogP contribution in [0.5, 0.6) is 0 Å². The van der Waals surface area contributed by atoms with E-state index in [1.807, 2.05) is 0 Å². The van der Waals surface area contributed by atoms with E-state index < -0.39 is 17.7 Å². The third kappa shape index (κ3) is 8.35. The highest BCUT2D eigenvalue weighted by Crippen LogP contribution is 2.19. The lowest BCUT2D eigenvalue weighted by Crippen LogP contribution is -2.36. The van der Waals surface area contributed by atoms with Crippen LogP contribution >= 0.6 is 31.9 Å². The second-order valence-electron chi connectivity index (χ2n) is 6.94. The molecule has 0 N–H and O–H groups in total. The Bertz CT molecular complexity index is 967. The van der Waals surface area contributed by atoms with E-state index in [-0.39, 0.29) is 42.7 Å². The van der Waals surface area contributed by atoms with Crippen molar-refractivity contribution in [1.82, 2.24) is 4.90 Å². The number of aryl methyl sites for hydroxylation is 1. The first kappa shape index (κ1) is 26.0. The number of esters is 2. The van der Waals surface area contributed by atoms with Crippen molar-refractivity contribution in [3.05, 3.63) is 69.4 Å². The number of hydrogen-bond donors (Lipinski definition) is 0. The highest BCUT2D eigenvalue weighted by atomic mass is 79.9. The molecule has 0 aliphatic carbocycles. The molecule has 172 valence electrons. The summed E-state index contributed by atoms with van der Waals surface area (Å²) >= 11 is 6.36. The van der Waals surface area contributed by atoms with Crippen molar-refractivity contribution >= 4 is 49.7 Å². The predicted molar refractivity (Wildman–Crippen MR) is 125 cm³/mol. The smallest absolute Gasteiger partial charge is 0.325 e. The van der Waals surface area contributed by atoms with Gasteiger partial charge in [0.05, 0.1) is 6.61 Å². The maximum absolute atomic E-state index is 14.4. The molecule has 6 nitrogen and oxygen atoms in total. The molecule has 32 heavy (non-hydrogen) atoms. The molecule has 0 aliphatic rings. The normalized spacial score (nSPS) is 11.5. The SMILES string of the molecule is CCOC(=O)CN(Cc1ccc(Br)cc1F)C(=O)c1cccc(CCC(=O)OC(C)Br)c1. The summed E-state index contributed by atoms with van der Waals surface area (Å²) in [6, 6.07) is 11.3.